The van der Waals surface area contributed by atoms with Crippen LogP contribution in [0.4, 0.5) is 0 Å². The number of aromatic nitrogens is 3. The van der Waals surface area contributed by atoms with Gasteiger partial charge in [-0.25, -0.2) is 0 Å². The fourth-order valence-electron chi connectivity index (χ4n) is 1.61. The van der Waals surface area contributed by atoms with E-state index in [2.05, 4.69) is 40.6 Å². The number of pyridine rings is 3. The molecule has 4 nitrogen and oxygen atoms in total. The summed E-state index contributed by atoms with van der Waals surface area (Å²) in [5.41, 5.74) is 0. The third kappa shape index (κ3) is 17.6. The molecule has 3 heterocycles. The highest BCUT2D eigenvalue weighted by Gasteiger charge is 1.89. The smallest absolute Gasteiger partial charge is 0.0267 e. The highest BCUT2D eigenvalue weighted by atomic mass is 15.1. The molecule has 0 N–H and O–H groups in total. The average molecular weight is 338 g/mol. The second-order valence-corrected chi connectivity index (χ2v) is 4.69. The minimum atomic E-state index is 1.19. The minimum absolute atomic E-state index is 1.19. The Hall–Kier alpha value is -2.59. The Morgan fingerprint density at radius 3 is 0.720 bits per heavy atom. The van der Waals surface area contributed by atoms with Crippen LogP contribution < -0.4 is 0 Å². The van der Waals surface area contributed by atoms with Crippen LogP contribution in [0.25, 0.3) is 0 Å². The summed E-state index contributed by atoms with van der Waals surface area (Å²) in [6.07, 6.45) is 10.5. The second-order valence-electron chi connectivity index (χ2n) is 4.69. The fraction of sp³-hybridized carbons (Fsp3) is 0.286. The molecular formula is C21H30N4. The lowest BCUT2D eigenvalue weighted by Gasteiger charge is -2.13. The zero-order chi connectivity index (χ0) is 18.4. The van der Waals surface area contributed by atoms with Gasteiger partial charge in [-0.3, -0.25) is 15.0 Å². The highest BCUT2D eigenvalue weighted by Crippen LogP contribution is 1.81. The molecule has 0 atom stereocenters. The Morgan fingerprint density at radius 2 is 0.680 bits per heavy atom. The van der Waals surface area contributed by atoms with Crippen LogP contribution in [0.5, 0.6) is 0 Å². The van der Waals surface area contributed by atoms with Gasteiger partial charge in [0.15, 0.2) is 0 Å². The maximum Gasteiger partial charge on any atom is 0.0267 e. The Bertz CT molecular complexity index is 382. The van der Waals surface area contributed by atoms with Gasteiger partial charge >= 0.3 is 0 Å². The number of hydrogen-bond acceptors (Lipinski definition) is 4. The van der Waals surface area contributed by atoms with Crippen molar-refractivity contribution in [3.05, 3.63) is 91.8 Å². The van der Waals surface area contributed by atoms with Crippen molar-refractivity contribution in [3.63, 3.8) is 0 Å². The van der Waals surface area contributed by atoms with Gasteiger partial charge in [-0.2, -0.15) is 0 Å². The molecule has 0 aromatic carbocycles. The van der Waals surface area contributed by atoms with E-state index in [-0.39, 0.29) is 0 Å². The highest BCUT2D eigenvalue weighted by molar-refractivity contribution is 4.89. The van der Waals surface area contributed by atoms with Crippen LogP contribution in [0.2, 0.25) is 0 Å². The Kier molecular flexibility index (Phi) is 17.4. The molecule has 25 heavy (non-hydrogen) atoms. The van der Waals surface area contributed by atoms with Gasteiger partial charge in [-0.05, 0) is 56.0 Å². The maximum absolute atomic E-state index is 3.78. The quantitative estimate of drug-likeness (QED) is 0.700. The lowest BCUT2D eigenvalue weighted by Crippen LogP contribution is -2.21. The molecule has 134 valence electrons. The molecular weight excluding hydrogens is 308 g/mol. The number of hydrogen-bond donors (Lipinski definition) is 0. The van der Waals surface area contributed by atoms with E-state index < -0.39 is 0 Å². The largest absolute Gasteiger partial charge is 0.304 e. The molecule has 3 aromatic rings. The zero-order valence-electron chi connectivity index (χ0n) is 15.6. The van der Waals surface area contributed by atoms with Crippen molar-refractivity contribution < 1.29 is 0 Å². The Balaban J connectivity index is 0.000000307. The summed E-state index contributed by atoms with van der Waals surface area (Å²) in [6.45, 7) is 10.1. The van der Waals surface area contributed by atoms with E-state index in [1.807, 2.05) is 54.6 Å². The van der Waals surface area contributed by atoms with Crippen LogP contribution in [0.3, 0.4) is 0 Å². The van der Waals surface area contributed by atoms with Crippen LogP contribution >= 0.6 is 0 Å². The van der Waals surface area contributed by atoms with E-state index in [1.165, 1.54) is 19.6 Å². The molecule has 0 saturated heterocycles. The number of nitrogens with zero attached hydrogens (tertiary/aromatic N) is 4. The first kappa shape index (κ1) is 22.4. The van der Waals surface area contributed by atoms with Gasteiger partial charge in [-0.1, -0.05) is 39.0 Å². The molecule has 0 unspecified atom stereocenters. The summed E-state index contributed by atoms with van der Waals surface area (Å²) < 4.78 is 0. The molecule has 0 aliphatic heterocycles. The summed E-state index contributed by atoms with van der Waals surface area (Å²) in [6, 6.07) is 17.1. The summed E-state index contributed by atoms with van der Waals surface area (Å²) in [5.74, 6) is 0. The summed E-state index contributed by atoms with van der Waals surface area (Å²) in [4.78, 5) is 13.7. The van der Waals surface area contributed by atoms with E-state index in [0.29, 0.717) is 0 Å². The molecule has 0 radical (unpaired) electrons. The molecule has 0 aliphatic rings. The van der Waals surface area contributed by atoms with E-state index in [1.54, 1.807) is 37.2 Å². The first-order chi connectivity index (χ1) is 12.3. The molecule has 3 rings (SSSR count). The van der Waals surface area contributed by atoms with Gasteiger partial charge in [0.25, 0.3) is 0 Å². The normalized spacial score (nSPS) is 8.64. The third-order valence-electron chi connectivity index (χ3n) is 3.04. The lowest BCUT2D eigenvalue weighted by atomic mass is 10.5. The fourth-order valence-corrected chi connectivity index (χ4v) is 1.61. The molecule has 0 spiro atoms. The Labute approximate surface area is 152 Å². The van der Waals surface area contributed by atoms with Gasteiger partial charge in [0.2, 0.25) is 0 Å². The van der Waals surface area contributed by atoms with Crippen LogP contribution in [0, 0.1) is 0 Å². The van der Waals surface area contributed by atoms with Crippen molar-refractivity contribution in [1.29, 1.82) is 0 Å². The average Bonchev–Trinajstić information content (AvgIpc) is 2.75. The van der Waals surface area contributed by atoms with E-state index in [9.17, 15) is 0 Å². The van der Waals surface area contributed by atoms with Crippen LogP contribution in [0.1, 0.15) is 20.8 Å². The van der Waals surface area contributed by atoms with Gasteiger partial charge in [-0.15, -0.1) is 0 Å². The molecule has 0 fully saturated rings. The van der Waals surface area contributed by atoms with Crippen molar-refractivity contribution >= 4 is 0 Å². The molecule has 3 aromatic heterocycles. The summed E-state index contributed by atoms with van der Waals surface area (Å²) >= 11 is 0. The van der Waals surface area contributed by atoms with Gasteiger partial charge < -0.3 is 4.90 Å². The number of rotatable bonds is 3. The van der Waals surface area contributed by atoms with Crippen molar-refractivity contribution in [2.45, 2.75) is 20.8 Å². The standard InChI is InChI=1S/C6H15N.3C5H5N/c1-4-7(5-2)6-3;3*1-2-4-6-5-3-1/h4-6H2,1-3H3;3*1-5H. The monoisotopic (exact) mass is 338 g/mol. The Morgan fingerprint density at radius 1 is 0.440 bits per heavy atom. The molecule has 0 amide bonds. The molecule has 4 heteroatoms. The SMILES string of the molecule is CCN(CC)CC.c1ccncc1.c1ccncc1.c1ccncc1. The topological polar surface area (TPSA) is 41.9 Å². The van der Waals surface area contributed by atoms with Crippen molar-refractivity contribution in [2.75, 3.05) is 19.6 Å². The van der Waals surface area contributed by atoms with E-state index >= 15 is 0 Å². The van der Waals surface area contributed by atoms with Crippen LogP contribution in [-0.2, 0) is 0 Å². The van der Waals surface area contributed by atoms with E-state index in [4.69, 9.17) is 0 Å². The van der Waals surface area contributed by atoms with Crippen molar-refractivity contribution in [1.82, 2.24) is 19.9 Å². The summed E-state index contributed by atoms with van der Waals surface area (Å²) in [7, 11) is 0. The van der Waals surface area contributed by atoms with E-state index in [0.717, 1.165) is 0 Å². The zero-order valence-corrected chi connectivity index (χ0v) is 15.6. The predicted octanol–water partition coefficient (Wildman–Crippen LogP) is 4.59. The van der Waals surface area contributed by atoms with Gasteiger partial charge in [0, 0.05) is 37.2 Å². The van der Waals surface area contributed by atoms with Crippen molar-refractivity contribution in [3.8, 4) is 0 Å². The second kappa shape index (κ2) is 19.5. The van der Waals surface area contributed by atoms with Crippen molar-refractivity contribution in [2.24, 2.45) is 0 Å². The van der Waals surface area contributed by atoms with Crippen LogP contribution in [0.15, 0.2) is 91.8 Å². The van der Waals surface area contributed by atoms with Crippen LogP contribution in [-0.4, -0.2) is 39.5 Å². The van der Waals surface area contributed by atoms with Gasteiger partial charge in [0.05, 0.1) is 0 Å². The lowest BCUT2D eigenvalue weighted by molar-refractivity contribution is 0.321. The molecule has 0 saturated carbocycles. The summed E-state index contributed by atoms with van der Waals surface area (Å²) in [5, 5.41) is 0. The molecule has 0 aliphatic carbocycles. The maximum atomic E-state index is 3.78. The predicted molar refractivity (Wildman–Crippen MR) is 106 cm³/mol. The first-order valence-corrected chi connectivity index (χ1v) is 8.62. The first-order valence-electron chi connectivity index (χ1n) is 8.62. The van der Waals surface area contributed by atoms with Gasteiger partial charge in [0.1, 0.15) is 0 Å². The minimum Gasteiger partial charge on any atom is -0.304 e. The third-order valence-corrected chi connectivity index (χ3v) is 3.04. The molecule has 0 bridgehead atoms.